The van der Waals surface area contributed by atoms with Crippen molar-refractivity contribution in [2.24, 2.45) is 0 Å². The van der Waals surface area contributed by atoms with Crippen LogP contribution in [0.15, 0.2) is 122 Å². The summed E-state index contributed by atoms with van der Waals surface area (Å²) >= 11 is 0. The molecule has 0 aliphatic rings. The van der Waals surface area contributed by atoms with Gasteiger partial charge in [0.1, 0.15) is 13.2 Å². The van der Waals surface area contributed by atoms with Crippen molar-refractivity contribution in [3.05, 3.63) is 122 Å². The fourth-order valence-electron chi connectivity index (χ4n) is 9.44. The Balaban J connectivity index is 4.43. The second kappa shape index (κ2) is 68.3. The maximum Gasteiger partial charge on any atom is 0.306 e. The number of esters is 3. The van der Waals surface area contributed by atoms with Crippen molar-refractivity contribution in [2.75, 3.05) is 13.2 Å². The molecule has 0 spiro atoms. The van der Waals surface area contributed by atoms with Crippen LogP contribution in [0.3, 0.4) is 0 Å². The number of rotatable bonds is 61. The van der Waals surface area contributed by atoms with Gasteiger partial charge in [0.2, 0.25) is 0 Å². The smallest absolute Gasteiger partial charge is 0.306 e. The number of unbranched alkanes of at least 4 members (excludes halogenated alkanes) is 30. The number of hydrogen-bond donors (Lipinski definition) is 0. The van der Waals surface area contributed by atoms with E-state index in [9.17, 15) is 14.4 Å². The van der Waals surface area contributed by atoms with E-state index in [1.54, 1.807) is 0 Å². The molecule has 0 rings (SSSR count). The topological polar surface area (TPSA) is 78.9 Å². The Morgan fingerprint density at radius 1 is 0.259 bits per heavy atom. The number of carbonyl (C=O) groups excluding carboxylic acids is 3. The molecule has 0 aromatic carbocycles. The number of allylic oxidation sites excluding steroid dienone is 20. The third-order valence-corrected chi connectivity index (χ3v) is 14.5. The lowest BCUT2D eigenvalue weighted by Gasteiger charge is -2.18. The summed E-state index contributed by atoms with van der Waals surface area (Å²) in [6.07, 6.45) is 94.9. The van der Waals surface area contributed by atoms with E-state index in [4.69, 9.17) is 14.2 Å². The minimum atomic E-state index is -0.799. The summed E-state index contributed by atoms with van der Waals surface area (Å²) in [6.45, 7) is 6.41. The molecule has 0 bridgehead atoms. The van der Waals surface area contributed by atoms with E-state index in [0.717, 1.165) is 148 Å². The second-order valence-corrected chi connectivity index (χ2v) is 22.3. The van der Waals surface area contributed by atoms with Gasteiger partial charge < -0.3 is 14.2 Å². The van der Waals surface area contributed by atoms with Gasteiger partial charge in [0.15, 0.2) is 6.10 Å². The first-order chi connectivity index (χ1) is 40.0. The molecule has 0 saturated carbocycles. The lowest BCUT2D eigenvalue weighted by atomic mass is 10.0. The predicted molar refractivity (Wildman–Crippen MR) is 353 cm³/mol. The molecular weight excluding hydrogens is 997 g/mol. The highest BCUT2D eigenvalue weighted by Gasteiger charge is 2.19. The van der Waals surface area contributed by atoms with Crippen LogP contribution in [-0.2, 0) is 28.6 Å². The lowest BCUT2D eigenvalue weighted by molar-refractivity contribution is -0.167. The molecule has 0 radical (unpaired) electrons. The minimum absolute atomic E-state index is 0.0942. The Labute approximate surface area is 501 Å². The molecule has 0 N–H and O–H groups in total. The molecule has 81 heavy (non-hydrogen) atoms. The van der Waals surface area contributed by atoms with Crippen LogP contribution in [0.5, 0.6) is 0 Å². The van der Waals surface area contributed by atoms with Gasteiger partial charge in [-0.3, -0.25) is 14.4 Å². The first kappa shape index (κ1) is 76.8. The maximum absolute atomic E-state index is 13.0. The number of ether oxygens (including phenoxy) is 3. The molecule has 0 aromatic heterocycles. The van der Waals surface area contributed by atoms with Gasteiger partial charge in [-0.15, -0.1) is 0 Å². The molecular formula is C75H126O6. The minimum Gasteiger partial charge on any atom is -0.462 e. The fourth-order valence-corrected chi connectivity index (χ4v) is 9.44. The Morgan fingerprint density at radius 3 is 0.753 bits per heavy atom. The highest BCUT2D eigenvalue weighted by Crippen LogP contribution is 2.17. The summed E-state index contributed by atoms with van der Waals surface area (Å²) in [7, 11) is 0. The van der Waals surface area contributed by atoms with E-state index in [0.29, 0.717) is 19.3 Å². The average molecular weight is 1120 g/mol. The first-order valence-electron chi connectivity index (χ1n) is 34.0. The zero-order chi connectivity index (χ0) is 58.5. The van der Waals surface area contributed by atoms with Crippen LogP contribution in [0, 0.1) is 0 Å². The molecule has 6 nitrogen and oxygen atoms in total. The molecule has 462 valence electrons. The molecule has 1 unspecified atom stereocenters. The van der Waals surface area contributed by atoms with E-state index in [2.05, 4.69) is 142 Å². The summed E-state index contributed by atoms with van der Waals surface area (Å²) in [5.74, 6) is -0.920. The van der Waals surface area contributed by atoms with Crippen molar-refractivity contribution >= 4 is 17.9 Å². The van der Waals surface area contributed by atoms with Crippen molar-refractivity contribution < 1.29 is 28.6 Å². The normalized spacial score (nSPS) is 12.9. The monoisotopic (exact) mass is 1120 g/mol. The molecule has 0 aliphatic heterocycles. The van der Waals surface area contributed by atoms with Gasteiger partial charge in [-0.25, -0.2) is 0 Å². The Bertz CT molecular complexity index is 1670. The zero-order valence-corrected chi connectivity index (χ0v) is 53.0. The predicted octanol–water partition coefficient (Wildman–Crippen LogP) is 23.6. The van der Waals surface area contributed by atoms with Crippen LogP contribution in [-0.4, -0.2) is 37.2 Å². The number of hydrogen-bond acceptors (Lipinski definition) is 6. The molecule has 0 aliphatic carbocycles. The number of carbonyl (C=O) groups is 3. The van der Waals surface area contributed by atoms with Gasteiger partial charge in [-0.1, -0.05) is 309 Å². The summed E-state index contributed by atoms with van der Waals surface area (Å²) in [5.41, 5.74) is 0. The summed E-state index contributed by atoms with van der Waals surface area (Å²) in [6, 6.07) is 0. The van der Waals surface area contributed by atoms with Crippen molar-refractivity contribution in [3.63, 3.8) is 0 Å². The van der Waals surface area contributed by atoms with Crippen LogP contribution < -0.4 is 0 Å². The summed E-state index contributed by atoms with van der Waals surface area (Å²) < 4.78 is 17.0. The van der Waals surface area contributed by atoms with Gasteiger partial charge in [-0.2, -0.15) is 0 Å². The van der Waals surface area contributed by atoms with Crippen molar-refractivity contribution in [1.82, 2.24) is 0 Å². The third-order valence-electron chi connectivity index (χ3n) is 14.5. The van der Waals surface area contributed by atoms with Crippen molar-refractivity contribution in [2.45, 2.75) is 322 Å². The molecule has 0 fully saturated rings. The van der Waals surface area contributed by atoms with Crippen LogP contribution in [0.1, 0.15) is 316 Å². The fraction of sp³-hybridized carbons (Fsp3) is 0.693. The highest BCUT2D eigenvalue weighted by atomic mass is 16.6. The summed E-state index contributed by atoms with van der Waals surface area (Å²) in [5, 5.41) is 0. The average Bonchev–Trinajstić information content (AvgIpc) is 3.47. The van der Waals surface area contributed by atoms with Gasteiger partial charge in [0.05, 0.1) is 0 Å². The zero-order valence-electron chi connectivity index (χ0n) is 53.0. The molecule has 0 aromatic rings. The maximum atomic E-state index is 13.0. The standard InChI is InChI=1S/C75H126O6/c1-4-7-10-13-16-19-22-25-28-31-33-35-36-37-38-40-41-44-47-50-53-56-59-62-65-68-74(77)80-71-72(70-79-73(76)67-64-61-58-55-52-49-46-43-30-27-24-21-18-15-12-9-6-3)81-75(78)69-66-63-60-57-54-51-48-45-42-39-34-32-29-26-23-20-17-14-11-8-5-2/h7,9-10,12,16,18-19,21,25,27-28,30,33,35,37-38,41,44,46,49,72H,4-6,8,11,13-15,17,20,22-24,26,29,31-32,34,36,39-40,42-43,45,47-48,50-71H2,1-3H3/b10-7-,12-9-,19-16-,21-18-,28-25-,30-27-,35-33-,38-37-,44-41-,49-46-. The molecule has 0 amide bonds. The van der Waals surface area contributed by atoms with Crippen molar-refractivity contribution in [3.8, 4) is 0 Å². The van der Waals surface area contributed by atoms with E-state index < -0.39 is 6.10 Å². The van der Waals surface area contributed by atoms with E-state index >= 15 is 0 Å². The third kappa shape index (κ3) is 66.5. The molecule has 0 saturated heterocycles. The first-order valence-corrected chi connectivity index (χ1v) is 34.0. The van der Waals surface area contributed by atoms with E-state index in [1.807, 2.05) is 0 Å². The Hall–Kier alpha value is -4.19. The largest absolute Gasteiger partial charge is 0.462 e. The van der Waals surface area contributed by atoms with Gasteiger partial charge >= 0.3 is 17.9 Å². The van der Waals surface area contributed by atoms with Crippen LogP contribution in [0.4, 0.5) is 0 Å². The summed E-state index contributed by atoms with van der Waals surface area (Å²) in [4.78, 5) is 38.4. The molecule has 6 heteroatoms. The van der Waals surface area contributed by atoms with Crippen LogP contribution >= 0.6 is 0 Å². The van der Waals surface area contributed by atoms with Crippen LogP contribution in [0.2, 0.25) is 0 Å². The van der Waals surface area contributed by atoms with Gasteiger partial charge in [-0.05, 0) is 109 Å². The quantitative estimate of drug-likeness (QED) is 0.0261. The SMILES string of the molecule is CC/C=C\C/C=C\C/C=C\C/C=C\C/C=C\C/C=C\CCCCCCCCC(=O)OCC(COC(=O)CCCCCC/C=C\C/C=C\C/C=C\C/C=C\CC)OC(=O)CCCCCCCCCCCCCCCCCCCCCCC. The van der Waals surface area contributed by atoms with Gasteiger partial charge in [0, 0.05) is 19.3 Å². The van der Waals surface area contributed by atoms with E-state index in [1.165, 1.54) is 128 Å². The lowest BCUT2D eigenvalue weighted by Crippen LogP contribution is -2.30. The van der Waals surface area contributed by atoms with Crippen molar-refractivity contribution in [1.29, 1.82) is 0 Å². The second-order valence-electron chi connectivity index (χ2n) is 22.3. The highest BCUT2D eigenvalue weighted by molar-refractivity contribution is 5.71. The molecule has 0 heterocycles. The Morgan fingerprint density at radius 2 is 0.481 bits per heavy atom. The Kier molecular flexibility index (Phi) is 64.8. The van der Waals surface area contributed by atoms with Gasteiger partial charge in [0.25, 0.3) is 0 Å². The van der Waals surface area contributed by atoms with Crippen LogP contribution in [0.25, 0.3) is 0 Å². The van der Waals surface area contributed by atoms with E-state index in [-0.39, 0.29) is 31.1 Å². The molecule has 1 atom stereocenters.